The van der Waals surface area contributed by atoms with E-state index in [-0.39, 0.29) is 29.9 Å². The molecule has 0 radical (unpaired) electrons. The fourth-order valence-corrected chi connectivity index (χ4v) is 3.24. The van der Waals surface area contributed by atoms with E-state index >= 15 is 0 Å². The molecular weight excluding hydrogens is 463 g/mol. The summed E-state index contributed by atoms with van der Waals surface area (Å²) in [5.41, 5.74) is 1.13. The average molecular weight is 496 g/mol. The normalized spacial score (nSPS) is 11.0. The molecule has 0 spiro atoms. The van der Waals surface area contributed by atoms with Crippen LogP contribution in [0, 0.1) is 13.8 Å². The van der Waals surface area contributed by atoms with Crippen molar-refractivity contribution in [3.05, 3.63) is 15.6 Å². The van der Waals surface area contributed by atoms with E-state index in [4.69, 9.17) is 0 Å². The maximum atomic E-state index is 11.0. The molecule has 0 unspecified atom stereocenters. The summed E-state index contributed by atoms with van der Waals surface area (Å²) in [6.07, 6.45) is 5.47. The van der Waals surface area contributed by atoms with Gasteiger partial charge in [0.1, 0.15) is 0 Å². The van der Waals surface area contributed by atoms with Crippen LogP contribution in [-0.2, 0) is 16.0 Å². The van der Waals surface area contributed by atoms with Crippen molar-refractivity contribution in [1.82, 2.24) is 15.6 Å². The molecule has 0 saturated carbocycles. The molecule has 1 aromatic rings. The van der Waals surface area contributed by atoms with Crippen molar-refractivity contribution < 1.29 is 9.53 Å². The molecule has 6 nitrogen and oxygen atoms in total. The van der Waals surface area contributed by atoms with E-state index in [0.29, 0.717) is 6.42 Å². The molecule has 0 aliphatic heterocycles. The van der Waals surface area contributed by atoms with Crippen molar-refractivity contribution in [1.29, 1.82) is 0 Å². The second-order valence-electron chi connectivity index (χ2n) is 5.93. The van der Waals surface area contributed by atoms with Gasteiger partial charge in [-0.05, 0) is 33.6 Å². The number of nitrogens with one attached hydrogen (secondary N) is 2. The largest absolute Gasteiger partial charge is 0.469 e. The monoisotopic (exact) mass is 496 g/mol. The zero-order valence-corrected chi connectivity index (χ0v) is 19.5. The van der Waals surface area contributed by atoms with E-state index in [0.717, 1.165) is 63.4 Å². The molecule has 1 aromatic heterocycles. The highest BCUT2D eigenvalue weighted by atomic mass is 127. The lowest BCUT2D eigenvalue weighted by atomic mass is 10.1. The van der Waals surface area contributed by atoms with Gasteiger partial charge >= 0.3 is 5.97 Å². The first-order valence-corrected chi connectivity index (χ1v) is 9.90. The number of carbonyl (C=O) groups excluding carboxylic acids is 1. The van der Waals surface area contributed by atoms with Crippen LogP contribution in [0.3, 0.4) is 0 Å². The van der Waals surface area contributed by atoms with Gasteiger partial charge in [-0.15, -0.1) is 35.3 Å². The lowest BCUT2D eigenvalue weighted by Gasteiger charge is -2.10. The SMILES string of the molecule is CCNC(=NCCCCCCC(=O)OC)NCCc1nc(C)c(C)s1.I. The smallest absolute Gasteiger partial charge is 0.305 e. The lowest BCUT2D eigenvalue weighted by Crippen LogP contribution is -2.38. The molecule has 0 aromatic carbocycles. The van der Waals surface area contributed by atoms with Crippen LogP contribution in [0.25, 0.3) is 0 Å². The topological polar surface area (TPSA) is 75.6 Å². The van der Waals surface area contributed by atoms with Crippen LogP contribution in [0.1, 0.15) is 54.6 Å². The van der Waals surface area contributed by atoms with Gasteiger partial charge in [-0.1, -0.05) is 12.8 Å². The second kappa shape index (κ2) is 15.2. The van der Waals surface area contributed by atoms with Crippen LogP contribution < -0.4 is 10.6 Å². The number of nitrogens with zero attached hydrogens (tertiary/aromatic N) is 2. The summed E-state index contributed by atoms with van der Waals surface area (Å²) in [6.45, 7) is 8.71. The zero-order valence-electron chi connectivity index (χ0n) is 16.4. The number of guanidine groups is 1. The van der Waals surface area contributed by atoms with Crippen molar-refractivity contribution in [2.45, 2.75) is 59.3 Å². The Labute approximate surface area is 178 Å². The number of halogens is 1. The molecule has 2 N–H and O–H groups in total. The number of thiazole rings is 1. The number of esters is 1. The Morgan fingerprint density at radius 3 is 2.54 bits per heavy atom. The minimum absolute atomic E-state index is 0. The number of carbonyl (C=O) groups is 1. The van der Waals surface area contributed by atoms with Crippen molar-refractivity contribution in [2.24, 2.45) is 4.99 Å². The average Bonchev–Trinajstić information content (AvgIpc) is 2.91. The molecule has 1 rings (SSSR count). The van der Waals surface area contributed by atoms with Crippen molar-refractivity contribution in [2.75, 3.05) is 26.7 Å². The number of rotatable bonds is 11. The molecule has 1 heterocycles. The van der Waals surface area contributed by atoms with Crippen LogP contribution in [-0.4, -0.2) is 43.7 Å². The third kappa shape index (κ3) is 10.9. The number of ether oxygens (including phenoxy) is 1. The number of unbranched alkanes of at least 4 members (excludes halogenated alkanes) is 3. The predicted octanol–water partition coefficient (Wildman–Crippen LogP) is 3.60. The third-order valence-electron chi connectivity index (χ3n) is 3.83. The summed E-state index contributed by atoms with van der Waals surface area (Å²) in [6, 6.07) is 0. The molecule has 0 fully saturated rings. The van der Waals surface area contributed by atoms with Gasteiger partial charge < -0.3 is 15.4 Å². The molecule has 26 heavy (non-hydrogen) atoms. The van der Waals surface area contributed by atoms with E-state index < -0.39 is 0 Å². The standard InChI is InChI=1S/C18H32N4O2S.HI/c1-5-19-18(20-12-9-7-6-8-10-17(23)24-4)21-13-11-16-22-14(2)15(3)25-16;/h5-13H2,1-4H3,(H2,19,20,21);1H. The van der Waals surface area contributed by atoms with Crippen LogP contribution in [0.5, 0.6) is 0 Å². The third-order valence-corrected chi connectivity index (χ3v) is 4.97. The minimum Gasteiger partial charge on any atom is -0.469 e. The molecule has 150 valence electrons. The van der Waals surface area contributed by atoms with Gasteiger partial charge in [-0.3, -0.25) is 9.79 Å². The molecule has 0 aliphatic rings. The number of hydrogen-bond acceptors (Lipinski definition) is 5. The van der Waals surface area contributed by atoms with E-state index in [2.05, 4.69) is 46.1 Å². The number of aliphatic imine (C=N–C) groups is 1. The highest BCUT2D eigenvalue weighted by Crippen LogP contribution is 2.16. The number of hydrogen-bond donors (Lipinski definition) is 2. The van der Waals surface area contributed by atoms with E-state index in [1.807, 2.05) is 0 Å². The maximum Gasteiger partial charge on any atom is 0.305 e. The summed E-state index contributed by atoms with van der Waals surface area (Å²) < 4.78 is 4.63. The fraction of sp³-hybridized carbons (Fsp3) is 0.722. The Morgan fingerprint density at radius 2 is 1.92 bits per heavy atom. The molecule has 0 amide bonds. The highest BCUT2D eigenvalue weighted by molar-refractivity contribution is 14.0. The molecule has 0 atom stereocenters. The summed E-state index contributed by atoms with van der Waals surface area (Å²) in [4.78, 5) is 21.5. The van der Waals surface area contributed by atoms with Crippen molar-refractivity contribution in [3.8, 4) is 0 Å². The van der Waals surface area contributed by atoms with Crippen LogP contribution in [0.15, 0.2) is 4.99 Å². The predicted molar refractivity (Wildman–Crippen MR) is 120 cm³/mol. The number of methoxy groups -OCH3 is 1. The molecule has 0 saturated heterocycles. The molecule has 0 bridgehead atoms. The summed E-state index contributed by atoms with van der Waals surface area (Å²) in [7, 11) is 1.43. The van der Waals surface area contributed by atoms with E-state index in [1.165, 1.54) is 17.0 Å². The molecule has 0 aliphatic carbocycles. The van der Waals surface area contributed by atoms with Crippen molar-refractivity contribution in [3.63, 3.8) is 0 Å². The van der Waals surface area contributed by atoms with Gasteiger partial charge in [0.2, 0.25) is 0 Å². The summed E-state index contributed by atoms with van der Waals surface area (Å²) in [5.74, 6) is 0.740. The van der Waals surface area contributed by atoms with Gasteiger partial charge in [0, 0.05) is 37.4 Å². The Balaban J connectivity index is 0.00000625. The highest BCUT2D eigenvalue weighted by Gasteiger charge is 2.04. The quantitative estimate of drug-likeness (QED) is 0.161. The summed E-state index contributed by atoms with van der Waals surface area (Å²) in [5, 5.41) is 7.81. The van der Waals surface area contributed by atoms with Crippen molar-refractivity contribution >= 4 is 47.2 Å². The first-order chi connectivity index (χ1) is 12.1. The molecule has 8 heteroatoms. The van der Waals surface area contributed by atoms with Crippen LogP contribution in [0.2, 0.25) is 0 Å². The van der Waals surface area contributed by atoms with Gasteiger partial charge in [0.05, 0.1) is 17.8 Å². The van der Waals surface area contributed by atoms with Gasteiger partial charge in [0.15, 0.2) is 5.96 Å². The second-order valence-corrected chi connectivity index (χ2v) is 7.21. The Morgan fingerprint density at radius 1 is 1.19 bits per heavy atom. The molecular formula is C18H33IN4O2S. The summed E-state index contributed by atoms with van der Waals surface area (Å²) >= 11 is 1.77. The minimum atomic E-state index is -0.123. The van der Waals surface area contributed by atoms with E-state index in [1.54, 1.807) is 11.3 Å². The lowest BCUT2D eigenvalue weighted by molar-refractivity contribution is -0.140. The number of aromatic nitrogens is 1. The van der Waals surface area contributed by atoms with Gasteiger partial charge in [0.25, 0.3) is 0 Å². The van der Waals surface area contributed by atoms with Gasteiger partial charge in [-0.25, -0.2) is 4.98 Å². The van der Waals surface area contributed by atoms with E-state index in [9.17, 15) is 4.79 Å². The zero-order chi connectivity index (χ0) is 18.5. The maximum absolute atomic E-state index is 11.0. The Bertz CT molecular complexity index is 530. The fourth-order valence-electron chi connectivity index (χ4n) is 2.30. The Kier molecular flexibility index (Phi) is 14.7. The van der Waals surface area contributed by atoms with Crippen LogP contribution in [0.4, 0.5) is 0 Å². The van der Waals surface area contributed by atoms with Crippen LogP contribution >= 0.6 is 35.3 Å². The Hall–Kier alpha value is -0.900. The number of aryl methyl sites for hydroxylation is 2. The van der Waals surface area contributed by atoms with Gasteiger partial charge in [-0.2, -0.15) is 0 Å². The first kappa shape index (κ1) is 25.1. The first-order valence-electron chi connectivity index (χ1n) is 9.08.